The summed E-state index contributed by atoms with van der Waals surface area (Å²) in [5, 5.41) is 30.5. The smallest absolute Gasteiger partial charge is 0.251 e. The Hall–Kier alpha value is -2.70. The van der Waals surface area contributed by atoms with Gasteiger partial charge in [0.05, 0.1) is 12.0 Å². The minimum atomic E-state index is -0.643. The van der Waals surface area contributed by atoms with Gasteiger partial charge in [-0.25, -0.2) is 4.98 Å². The molecule has 7 nitrogen and oxygen atoms in total. The first-order valence-corrected chi connectivity index (χ1v) is 5.97. The Balaban J connectivity index is 1.95. The number of imidazole rings is 1. The number of amides is 1. The van der Waals surface area contributed by atoms with E-state index in [0.29, 0.717) is 13.0 Å². The second-order valence-electron chi connectivity index (χ2n) is 4.40. The topological polar surface area (TPSA) is 108 Å². The molecule has 106 valence electrons. The van der Waals surface area contributed by atoms with Crippen molar-refractivity contribution in [2.45, 2.75) is 6.42 Å². The third-order valence-corrected chi connectivity index (χ3v) is 2.76. The van der Waals surface area contributed by atoms with E-state index in [9.17, 15) is 20.1 Å². The number of phenolic OH excluding ortho intramolecular Hbond substituents is 3. The van der Waals surface area contributed by atoms with Gasteiger partial charge in [0.1, 0.15) is 0 Å². The molecule has 2 rings (SSSR count). The Morgan fingerprint density at radius 1 is 1.30 bits per heavy atom. The number of aryl methyl sites for hydroxylation is 1. The maximum absolute atomic E-state index is 11.8. The second-order valence-corrected chi connectivity index (χ2v) is 4.40. The van der Waals surface area contributed by atoms with Crippen molar-refractivity contribution in [2.24, 2.45) is 7.05 Å². The number of nitrogens with zero attached hydrogens (tertiary/aromatic N) is 2. The molecule has 7 heteroatoms. The Labute approximate surface area is 115 Å². The van der Waals surface area contributed by atoms with E-state index in [1.807, 2.05) is 17.8 Å². The van der Waals surface area contributed by atoms with E-state index in [2.05, 4.69) is 10.3 Å². The molecule has 1 aromatic carbocycles. The lowest BCUT2D eigenvalue weighted by Crippen LogP contribution is -2.25. The highest BCUT2D eigenvalue weighted by Crippen LogP contribution is 2.35. The molecule has 0 aliphatic rings. The van der Waals surface area contributed by atoms with Gasteiger partial charge in [-0.2, -0.15) is 0 Å². The van der Waals surface area contributed by atoms with Gasteiger partial charge in [0, 0.05) is 31.8 Å². The quantitative estimate of drug-likeness (QED) is 0.609. The van der Waals surface area contributed by atoms with Crippen LogP contribution in [0, 0.1) is 0 Å². The van der Waals surface area contributed by atoms with Crippen LogP contribution in [0.3, 0.4) is 0 Å². The molecule has 1 aromatic heterocycles. The zero-order chi connectivity index (χ0) is 14.7. The standard InChI is InChI=1S/C13H15N3O4/c1-16-6-9(15-7-16)2-3-14-13(20)8-4-10(17)12(19)11(18)5-8/h4-7,17-19H,2-3H2,1H3,(H,14,20). The maximum atomic E-state index is 11.8. The fraction of sp³-hybridized carbons (Fsp3) is 0.231. The monoisotopic (exact) mass is 277 g/mol. The molecule has 0 aliphatic carbocycles. The highest BCUT2D eigenvalue weighted by Gasteiger charge is 2.13. The van der Waals surface area contributed by atoms with Crippen molar-refractivity contribution in [2.75, 3.05) is 6.54 Å². The van der Waals surface area contributed by atoms with Crippen LogP contribution in [0.1, 0.15) is 16.1 Å². The van der Waals surface area contributed by atoms with Gasteiger partial charge in [0.2, 0.25) is 0 Å². The first kappa shape index (κ1) is 13.7. The van der Waals surface area contributed by atoms with E-state index in [1.54, 1.807) is 6.33 Å². The van der Waals surface area contributed by atoms with E-state index in [4.69, 9.17) is 0 Å². The lowest BCUT2D eigenvalue weighted by atomic mass is 10.1. The van der Waals surface area contributed by atoms with Gasteiger partial charge >= 0.3 is 0 Å². The number of aromatic hydroxyl groups is 3. The molecule has 0 saturated carbocycles. The Morgan fingerprint density at radius 2 is 1.95 bits per heavy atom. The summed E-state index contributed by atoms with van der Waals surface area (Å²) < 4.78 is 1.81. The van der Waals surface area contributed by atoms with Gasteiger partial charge in [-0.15, -0.1) is 0 Å². The van der Waals surface area contributed by atoms with Crippen molar-refractivity contribution in [1.29, 1.82) is 0 Å². The number of hydrogen-bond donors (Lipinski definition) is 4. The zero-order valence-electron chi connectivity index (χ0n) is 10.9. The number of carbonyl (C=O) groups is 1. The Kier molecular flexibility index (Phi) is 3.79. The Bertz CT molecular complexity index is 613. The summed E-state index contributed by atoms with van der Waals surface area (Å²) in [4.78, 5) is 15.9. The van der Waals surface area contributed by atoms with Crippen molar-refractivity contribution in [3.8, 4) is 17.2 Å². The van der Waals surface area contributed by atoms with Crippen molar-refractivity contribution < 1.29 is 20.1 Å². The minimum Gasteiger partial charge on any atom is -0.504 e. The summed E-state index contributed by atoms with van der Waals surface area (Å²) in [6, 6.07) is 2.18. The fourth-order valence-corrected chi connectivity index (χ4v) is 1.74. The first-order chi connectivity index (χ1) is 9.47. The van der Waals surface area contributed by atoms with Gasteiger partial charge in [-0.3, -0.25) is 4.79 Å². The molecule has 1 heterocycles. The third kappa shape index (κ3) is 3.00. The highest BCUT2D eigenvalue weighted by atomic mass is 16.3. The van der Waals surface area contributed by atoms with Gasteiger partial charge in [0.25, 0.3) is 5.91 Å². The van der Waals surface area contributed by atoms with Gasteiger partial charge in [0.15, 0.2) is 17.2 Å². The van der Waals surface area contributed by atoms with Crippen LogP contribution in [0.5, 0.6) is 17.2 Å². The van der Waals surface area contributed by atoms with E-state index in [1.165, 1.54) is 0 Å². The minimum absolute atomic E-state index is 0.0684. The van der Waals surface area contributed by atoms with Crippen molar-refractivity contribution in [3.05, 3.63) is 35.9 Å². The van der Waals surface area contributed by atoms with Crippen LogP contribution >= 0.6 is 0 Å². The average molecular weight is 277 g/mol. The molecule has 0 fully saturated rings. The molecule has 0 spiro atoms. The van der Waals surface area contributed by atoms with Crippen LogP contribution in [-0.2, 0) is 13.5 Å². The lowest BCUT2D eigenvalue weighted by Gasteiger charge is -2.07. The summed E-state index contributed by atoms with van der Waals surface area (Å²) in [5.74, 6) is -2.18. The van der Waals surface area contributed by atoms with Crippen molar-refractivity contribution >= 4 is 5.91 Å². The SMILES string of the molecule is Cn1cnc(CCNC(=O)c2cc(O)c(O)c(O)c2)c1. The van der Waals surface area contributed by atoms with Crippen LogP contribution in [0.25, 0.3) is 0 Å². The molecule has 20 heavy (non-hydrogen) atoms. The summed E-state index contributed by atoms with van der Waals surface area (Å²) in [7, 11) is 1.86. The normalized spacial score (nSPS) is 10.4. The van der Waals surface area contributed by atoms with Crippen LogP contribution in [-0.4, -0.2) is 37.3 Å². The number of carbonyl (C=O) groups excluding carboxylic acids is 1. The number of nitrogens with one attached hydrogen (secondary N) is 1. The third-order valence-electron chi connectivity index (χ3n) is 2.76. The number of aromatic nitrogens is 2. The number of rotatable bonds is 4. The van der Waals surface area contributed by atoms with Gasteiger partial charge in [-0.1, -0.05) is 0 Å². The number of hydrogen-bond acceptors (Lipinski definition) is 5. The summed E-state index contributed by atoms with van der Waals surface area (Å²) >= 11 is 0. The van der Waals surface area contributed by atoms with Crippen LogP contribution in [0.4, 0.5) is 0 Å². The second kappa shape index (κ2) is 5.52. The van der Waals surface area contributed by atoms with E-state index in [0.717, 1.165) is 17.8 Å². The van der Waals surface area contributed by atoms with E-state index < -0.39 is 23.2 Å². The van der Waals surface area contributed by atoms with E-state index in [-0.39, 0.29) is 5.56 Å². The molecule has 0 saturated heterocycles. The van der Waals surface area contributed by atoms with Crippen LogP contribution in [0.15, 0.2) is 24.7 Å². The van der Waals surface area contributed by atoms with Gasteiger partial charge in [-0.05, 0) is 12.1 Å². The molecule has 4 N–H and O–H groups in total. The lowest BCUT2D eigenvalue weighted by molar-refractivity contribution is 0.0953. The largest absolute Gasteiger partial charge is 0.504 e. The average Bonchev–Trinajstić information content (AvgIpc) is 2.81. The summed E-state index contributed by atoms with van der Waals surface area (Å²) in [6.45, 7) is 0.373. The molecule has 0 atom stereocenters. The molecule has 0 bridgehead atoms. The van der Waals surface area contributed by atoms with Crippen molar-refractivity contribution in [3.63, 3.8) is 0 Å². The van der Waals surface area contributed by atoms with Crippen molar-refractivity contribution in [1.82, 2.24) is 14.9 Å². The molecular formula is C13H15N3O4. The Morgan fingerprint density at radius 3 is 2.50 bits per heavy atom. The molecule has 0 radical (unpaired) electrons. The molecule has 0 unspecified atom stereocenters. The number of benzene rings is 1. The molecular weight excluding hydrogens is 262 g/mol. The summed E-state index contributed by atoms with van der Waals surface area (Å²) in [5.41, 5.74) is 0.919. The number of phenols is 3. The van der Waals surface area contributed by atoms with Gasteiger partial charge < -0.3 is 25.2 Å². The van der Waals surface area contributed by atoms with E-state index >= 15 is 0 Å². The molecule has 0 aliphatic heterocycles. The predicted molar refractivity (Wildman–Crippen MR) is 70.7 cm³/mol. The summed E-state index contributed by atoms with van der Waals surface area (Å²) in [6.07, 6.45) is 4.10. The molecule has 2 aromatic rings. The zero-order valence-corrected chi connectivity index (χ0v) is 10.9. The highest BCUT2D eigenvalue weighted by molar-refractivity contribution is 5.95. The first-order valence-electron chi connectivity index (χ1n) is 5.97. The predicted octanol–water partition coefficient (Wildman–Crippen LogP) is 0.509. The molecule has 1 amide bonds. The van der Waals surface area contributed by atoms with Crippen LogP contribution in [0.2, 0.25) is 0 Å². The fourth-order valence-electron chi connectivity index (χ4n) is 1.74. The van der Waals surface area contributed by atoms with Crippen LogP contribution < -0.4 is 5.32 Å². The maximum Gasteiger partial charge on any atom is 0.251 e.